The normalized spacial score (nSPS) is 12.3. The Labute approximate surface area is 136 Å². The van der Waals surface area contributed by atoms with Crippen LogP contribution in [0.15, 0.2) is 28.8 Å². The molecule has 6 heteroatoms. The molecule has 1 heterocycles. The fourth-order valence-electron chi connectivity index (χ4n) is 2.60. The van der Waals surface area contributed by atoms with E-state index in [4.69, 9.17) is 9.26 Å². The number of aromatic nitrogens is 1. The third-order valence-electron chi connectivity index (χ3n) is 3.84. The van der Waals surface area contributed by atoms with Gasteiger partial charge < -0.3 is 19.5 Å². The van der Waals surface area contributed by atoms with Gasteiger partial charge >= 0.3 is 0 Å². The van der Waals surface area contributed by atoms with Crippen molar-refractivity contribution in [2.75, 3.05) is 27.7 Å². The summed E-state index contributed by atoms with van der Waals surface area (Å²) in [6, 6.07) is 7.81. The highest BCUT2D eigenvalue weighted by Crippen LogP contribution is 2.27. The monoisotopic (exact) mass is 317 g/mol. The van der Waals surface area contributed by atoms with Crippen molar-refractivity contribution in [3.05, 3.63) is 46.8 Å². The summed E-state index contributed by atoms with van der Waals surface area (Å²) in [7, 11) is 5.59. The number of amides is 1. The van der Waals surface area contributed by atoms with Crippen LogP contribution in [0.25, 0.3) is 0 Å². The Morgan fingerprint density at radius 1 is 1.35 bits per heavy atom. The van der Waals surface area contributed by atoms with E-state index in [0.29, 0.717) is 23.6 Å². The highest BCUT2D eigenvalue weighted by molar-refractivity contribution is 5.96. The van der Waals surface area contributed by atoms with Gasteiger partial charge in [0, 0.05) is 12.1 Å². The minimum atomic E-state index is -0.178. The first kappa shape index (κ1) is 17.0. The first-order chi connectivity index (χ1) is 11.0. The number of rotatable bonds is 6. The molecule has 124 valence electrons. The molecule has 6 nitrogen and oxygen atoms in total. The fourth-order valence-corrected chi connectivity index (χ4v) is 2.60. The molecule has 1 amide bonds. The van der Waals surface area contributed by atoms with Crippen LogP contribution in [-0.2, 0) is 0 Å². The summed E-state index contributed by atoms with van der Waals surface area (Å²) in [4.78, 5) is 14.4. The molecule has 0 saturated heterocycles. The molecule has 1 atom stereocenters. The van der Waals surface area contributed by atoms with Gasteiger partial charge in [0.2, 0.25) is 0 Å². The molecule has 0 spiro atoms. The van der Waals surface area contributed by atoms with E-state index in [1.54, 1.807) is 21.0 Å². The topological polar surface area (TPSA) is 67.6 Å². The summed E-state index contributed by atoms with van der Waals surface area (Å²) in [6.07, 6.45) is 0. The number of aryl methyl sites for hydroxylation is 2. The maximum Gasteiger partial charge on any atom is 0.256 e. The Bertz CT molecular complexity index is 660. The van der Waals surface area contributed by atoms with E-state index in [0.717, 1.165) is 11.3 Å². The van der Waals surface area contributed by atoms with Crippen LogP contribution in [0.4, 0.5) is 0 Å². The van der Waals surface area contributed by atoms with E-state index in [-0.39, 0.29) is 11.9 Å². The molecule has 0 bridgehead atoms. The lowest BCUT2D eigenvalue weighted by Gasteiger charge is -2.26. The molecule has 0 fully saturated rings. The second-order valence-corrected chi connectivity index (χ2v) is 5.63. The van der Waals surface area contributed by atoms with Gasteiger partial charge in [-0.1, -0.05) is 23.4 Å². The molecule has 0 aliphatic carbocycles. The van der Waals surface area contributed by atoms with Crippen LogP contribution in [0.2, 0.25) is 0 Å². The van der Waals surface area contributed by atoms with Crippen LogP contribution in [0.1, 0.15) is 33.4 Å². The predicted molar refractivity (Wildman–Crippen MR) is 87.7 cm³/mol. The van der Waals surface area contributed by atoms with E-state index in [1.165, 1.54) is 0 Å². The third kappa shape index (κ3) is 3.71. The summed E-state index contributed by atoms with van der Waals surface area (Å²) in [5.41, 5.74) is 2.13. The molecule has 0 saturated carbocycles. The number of nitrogens with zero attached hydrogens (tertiary/aromatic N) is 2. The van der Waals surface area contributed by atoms with Gasteiger partial charge in [-0.25, -0.2) is 0 Å². The lowest BCUT2D eigenvalue weighted by molar-refractivity contribution is 0.0939. The number of hydrogen-bond donors (Lipinski definition) is 1. The van der Waals surface area contributed by atoms with Crippen molar-refractivity contribution in [3.63, 3.8) is 0 Å². The van der Waals surface area contributed by atoms with Crippen molar-refractivity contribution in [2.45, 2.75) is 19.9 Å². The molecular weight excluding hydrogens is 294 g/mol. The first-order valence-corrected chi connectivity index (χ1v) is 7.46. The molecule has 1 N–H and O–H groups in total. The fraction of sp³-hybridized carbons (Fsp3) is 0.412. The minimum absolute atomic E-state index is 0.00410. The van der Waals surface area contributed by atoms with E-state index < -0.39 is 0 Å². The van der Waals surface area contributed by atoms with Crippen molar-refractivity contribution in [1.82, 2.24) is 15.4 Å². The van der Waals surface area contributed by atoms with Gasteiger partial charge in [-0.2, -0.15) is 0 Å². The van der Waals surface area contributed by atoms with Gasteiger partial charge in [-0.3, -0.25) is 4.79 Å². The number of methoxy groups -OCH3 is 1. The molecule has 0 aliphatic heterocycles. The zero-order valence-corrected chi connectivity index (χ0v) is 14.2. The standard InChI is InChI=1S/C17H23N3O3/c1-11-16(12(2)23-19-11)17(21)18-10-14(20(3)4)13-8-6-7-9-15(13)22-5/h6-9,14H,10H2,1-5H3,(H,18,21)/t14-/m0/s1. The number of likely N-dealkylation sites (N-methyl/N-ethyl adjacent to an activating group) is 1. The SMILES string of the molecule is COc1ccccc1[C@H](CNC(=O)c1c(C)noc1C)N(C)C. The number of carbonyl (C=O) groups is 1. The van der Waals surface area contributed by atoms with Crippen molar-refractivity contribution in [3.8, 4) is 5.75 Å². The lowest BCUT2D eigenvalue weighted by Crippen LogP contribution is -2.35. The zero-order chi connectivity index (χ0) is 17.0. The molecule has 23 heavy (non-hydrogen) atoms. The van der Waals surface area contributed by atoms with Crippen molar-refractivity contribution >= 4 is 5.91 Å². The van der Waals surface area contributed by atoms with Crippen LogP contribution in [0, 0.1) is 13.8 Å². The lowest BCUT2D eigenvalue weighted by atomic mass is 10.0. The Kier molecular flexibility index (Phi) is 5.39. The molecule has 0 unspecified atom stereocenters. The second kappa shape index (κ2) is 7.28. The van der Waals surface area contributed by atoms with Crippen LogP contribution in [0.5, 0.6) is 5.75 Å². The zero-order valence-electron chi connectivity index (χ0n) is 14.2. The maximum atomic E-state index is 12.4. The molecule has 1 aromatic heterocycles. The smallest absolute Gasteiger partial charge is 0.256 e. The van der Waals surface area contributed by atoms with Gasteiger partial charge in [0.25, 0.3) is 5.91 Å². The maximum absolute atomic E-state index is 12.4. The van der Waals surface area contributed by atoms with Gasteiger partial charge in [-0.15, -0.1) is 0 Å². The predicted octanol–water partition coefficient (Wildman–Crippen LogP) is 2.33. The molecule has 1 aromatic carbocycles. The Hall–Kier alpha value is -2.34. The van der Waals surface area contributed by atoms with Crippen LogP contribution in [0.3, 0.4) is 0 Å². The van der Waals surface area contributed by atoms with E-state index in [1.807, 2.05) is 43.3 Å². The average molecular weight is 317 g/mol. The van der Waals surface area contributed by atoms with Gasteiger partial charge in [0.1, 0.15) is 17.1 Å². The third-order valence-corrected chi connectivity index (χ3v) is 3.84. The Morgan fingerprint density at radius 2 is 2.04 bits per heavy atom. The molecule has 2 aromatic rings. The van der Waals surface area contributed by atoms with E-state index >= 15 is 0 Å². The Balaban J connectivity index is 2.16. The summed E-state index contributed by atoms with van der Waals surface area (Å²) in [6.45, 7) is 3.95. The number of carbonyl (C=O) groups excluding carboxylic acids is 1. The van der Waals surface area contributed by atoms with Crippen molar-refractivity contribution in [2.24, 2.45) is 0 Å². The molecule has 0 aliphatic rings. The number of para-hydroxylation sites is 1. The molecule has 2 rings (SSSR count). The average Bonchev–Trinajstić information content (AvgIpc) is 2.86. The van der Waals surface area contributed by atoms with Gasteiger partial charge in [0.05, 0.1) is 18.8 Å². The largest absolute Gasteiger partial charge is 0.496 e. The van der Waals surface area contributed by atoms with Crippen LogP contribution in [-0.4, -0.2) is 43.7 Å². The number of hydrogen-bond acceptors (Lipinski definition) is 5. The molecule has 0 radical (unpaired) electrons. The summed E-state index contributed by atoms with van der Waals surface area (Å²) in [5, 5.41) is 6.78. The van der Waals surface area contributed by atoms with E-state index in [2.05, 4.69) is 10.5 Å². The first-order valence-electron chi connectivity index (χ1n) is 7.46. The highest BCUT2D eigenvalue weighted by Gasteiger charge is 2.22. The summed E-state index contributed by atoms with van der Waals surface area (Å²) >= 11 is 0. The van der Waals surface area contributed by atoms with Crippen LogP contribution < -0.4 is 10.1 Å². The van der Waals surface area contributed by atoms with Crippen molar-refractivity contribution < 1.29 is 14.1 Å². The van der Waals surface area contributed by atoms with Crippen molar-refractivity contribution in [1.29, 1.82) is 0 Å². The van der Waals surface area contributed by atoms with Gasteiger partial charge in [-0.05, 0) is 34.0 Å². The number of benzene rings is 1. The number of nitrogens with one attached hydrogen (secondary N) is 1. The Morgan fingerprint density at radius 3 is 2.61 bits per heavy atom. The van der Waals surface area contributed by atoms with Gasteiger partial charge in [0.15, 0.2) is 0 Å². The van der Waals surface area contributed by atoms with E-state index in [9.17, 15) is 4.79 Å². The quantitative estimate of drug-likeness (QED) is 0.885. The highest BCUT2D eigenvalue weighted by atomic mass is 16.5. The second-order valence-electron chi connectivity index (χ2n) is 5.63. The molecular formula is C17H23N3O3. The minimum Gasteiger partial charge on any atom is -0.496 e. The summed E-state index contributed by atoms with van der Waals surface area (Å²) in [5.74, 6) is 1.15. The summed E-state index contributed by atoms with van der Waals surface area (Å²) < 4.78 is 10.5. The number of ether oxygens (including phenoxy) is 1. The van der Waals surface area contributed by atoms with Crippen LogP contribution >= 0.6 is 0 Å².